The van der Waals surface area contributed by atoms with E-state index >= 15 is 0 Å². The average Bonchev–Trinajstić information content (AvgIpc) is 2.91. The van der Waals surface area contributed by atoms with Crippen molar-refractivity contribution >= 4 is 28.3 Å². The summed E-state index contributed by atoms with van der Waals surface area (Å²) >= 11 is 0. The number of fused-ring (bicyclic) bond motifs is 2. The van der Waals surface area contributed by atoms with Gasteiger partial charge in [0, 0.05) is 29.4 Å². The van der Waals surface area contributed by atoms with Gasteiger partial charge in [0.15, 0.2) is 0 Å². The maximum atomic E-state index is 13.8. The molecule has 2 aliphatic rings. The van der Waals surface area contributed by atoms with E-state index in [1.165, 1.54) is 44.1 Å². The molecule has 1 aliphatic carbocycles. The smallest absolute Gasteiger partial charge is 0.256 e. The second kappa shape index (κ2) is 10.6. The number of likely N-dealkylation sites (tertiary alicyclic amines) is 1. The van der Waals surface area contributed by atoms with E-state index in [4.69, 9.17) is 0 Å². The molecule has 1 N–H and O–H groups in total. The van der Waals surface area contributed by atoms with Gasteiger partial charge < -0.3 is 10.2 Å². The van der Waals surface area contributed by atoms with Crippen LogP contribution in [0.1, 0.15) is 84.6 Å². The molecule has 3 aromatic carbocycles. The molecule has 5 rings (SSSR count). The van der Waals surface area contributed by atoms with Crippen LogP contribution in [0, 0.1) is 5.92 Å². The predicted molar refractivity (Wildman–Crippen MR) is 143 cm³/mol. The topological polar surface area (TPSA) is 49.4 Å². The maximum Gasteiger partial charge on any atom is 0.256 e. The average molecular weight is 469 g/mol. The quantitative estimate of drug-likeness (QED) is 0.415. The summed E-state index contributed by atoms with van der Waals surface area (Å²) in [4.78, 5) is 29.2. The number of rotatable bonds is 6. The van der Waals surface area contributed by atoms with Gasteiger partial charge in [-0.25, -0.2) is 0 Å². The Kier molecular flexibility index (Phi) is 7.17. The molecule has 1 heterocycles. The fourth-order valence-corrected chi connectivity index (χ4v) is 6.05. The van der Waals surface area contributed by atoms with Crippen LogP contribution in [0.15, 0.2) is 60.7 Å². The summed E-state index contributed by atoms with van der Waals surface area (Å²) in [7, 11) is 0. The first-order valence-corrected chi connectivity index (χ1v) is 13.4. The Balaban J connectivity index is 1.40. The highest BCUT2D eigenvalue weighted by Gasteiger charge is 2.36. The number of unbranched alkanes of at least 4 members (excludes halogenated alkanes) is 1. The Morgan fingerprint density at radius 2 is 1.54 bits per heavy atom. The third kappa shape index (κ3) is 4.98. The molecule has 1 saturated carbocycles. The van der Waals surface area contributed by atoms with Gasteiger partial charge in [0.1, 0.15) is 0 Å². The summed E-state index contributed by atoms with van der Waals surface area (Å²) in [6.45, 7) is 3.03. The second-order valence-corrected chi connectivity index (χ2v) is 10.2. The van der Waals surface area contributed by atoms with Crippen molar-refractivity contribution in [1.82, 2.24) is 4.90 Å². The van der Waals surface area contributed by atoms with Gasteiger partial charge in [0.25, 0.3) is 11.8 Å². The van der Waals surface area contributed by atoms with Gasteiger partial charge in [-0.1, -0.05) is 62.6 Å². The standard InChI is InChI=1S/C31H36N2O2/c1-2-3-9-22-15-17-24(18-16-22)32-30(34)27-19-20-28(26-13-6-5-12-25(26)27)31(35)33-21-8-11-23-10-4-7-14-29(23)33/h5-6,12-13,15-20,23,29H,2-4,7-11,14,21H2,1H3,(H,32,34). The number of carbonyl (C=O) groups excluding carboxylic acids is 2. The lowest BCUT2D eigenvalue weighted by atomic mass is 9.78. The van der Waals surface area contributed by atoms with Crippen LogP contribution in [0.4, 0.5) is 5.69 Å². The number of carbonyl (C=O) groups is 2. The Bertz CT molecular complexity index is 1200. The van der Waals surface area contributed by atoms with Gasteiger partial charge in [0.05, 0.1) is 0 Å². The summed E-state index contributed by atoms with van der Waals surface area (Å²) in [5.41, 5.74) is 3.39. The zero-order chi connectivity index (χ0) is 24.2. The van der Waals surface area contributed by atoms with Crippen LogP contribution in [0.5, 0.6) is 0 Å². The first-order chi connectivity index (χ1) is 17.2. The third-order valence-electron chi connectivity index (χ3n) is 7.93. The van der Waals surface area contributed by atoms with Crippen LogP contribution in [-0.2, 0) is 6.42 Å². The van der Waals surface area contributed by atoms with Crippen molar-refractivity contribution in [2.75, 3.05) is 11.9 Å². The van der Waals surface area contributed by atoms with Gasteiger partial charge in [-0.05, 0) is 85.0 Å². The number of anilines is 1. The minimum absolute atomic E-state index is 0.118. The number of hydrogen-bond acceptors (Lipinski definition) is 2. The molecular formula is C31H36N2O2. The maximum absolute atomic E-state index is 13.8. The molecule has 1 saturated heterocycles. The number of nitrogens with zero attached hydrogens (tertiary/aromatic N) is 1. The second-order valence-electron chi connectivity index (χ2n) is 10.2. The molecule has 1 aliphatic heterocycles. The van der Waals surface area contributed by atoms with Crippen molar-refractivity contribution in [3.63, 3.8) is 0 Å². The summed E-state index contributed by atoms with van der Waals surface area (Å²) in [6, 6.07) is 20.0. The molecule has 3 aromatic rings. The lowest BCUT2D eigenvalue weighted by molar-refractivity contribution is 0.0392. The predicted octanol–water partition coefficient (Wildman–Crippen LogP) is 7.23. The molecule has 182 valence electrons. The van der Waals surface area contributed by atoms with E-state index < -0.39 is 0 Å². The zero-order valence-electron chi connectivity index (χ0n) is 20.8. The van der Waals surface area contributed by atoms with E-state index in [2.05, 4.69) is 29.3 Å². The van der Waals surface area contributed by atoms with Crippen LogP contribution in [0.3, 0.4) is 0 Å². The lowest BCUT2D eigenvalue weighted by Crippen LogP contribution is -2.49. The molecule has 4 heteroatoms. The third-order valence-corrected chi connectivity index (χ3v) is 7.93. The fraction of sp³-hybridized carbons (Fsp3) is 0.419. The first kappa shape index (κ1) is 23.6. The first-order valence-electron chi connectivity index (χ1n) is 13.4. The lowest BCUT2D eigenvalue weighted by Gasteiger charge is -2.44. The van der Waals surface area contributed by atoms with Crippen molar-refractivity contribution in [2.24, 2.45) is 5.92 Å². The van der Waals surface area contributed by atoms with E-state index in [0.717, 1.165) is 42.3 Å². The van der Waals surface area contributed by atoms with Crippen LogP contribution in [0.25, 0.3) is 10.8 Å². The van der Waals surface area contributed by atoms with Crippen molar-refractivity contribution in [2.45, 2.75) is 70.8 Å². The molecule has 2 amide bonds. The largest absolute Gasteiger partial charge is 0.335 e. The van der Waals surface area contributed by atoms with E-state index in [9.17, 15) is 9.59 Å². The van der Waals surface area contributed by atoms with Gasteiger partial charge in [-0.15, -0.1) is 0 Å². The summed E-state index contributed by atoms with van der Waals surface area (Å²) in [5.74, 6) is 0.616. The number of amides is 2. The van der Waals surface area contributed by atoms with Gasteiger partial charge in [0.2, 0.25) is 0 Å². The molecular weight excluding hydrogens is 432 g/mol. The summed E-state index contributed by atoms with van der Waals surface area (Å²) in [5, 5.41) is 4.73. The SMILES string of the molecule is CCCCc1ccc(NC(=O)c2ccc(C(=O)N3CCCC4CCCCC43)c3ccccc23)cc1. The molecule has 4 nitrogen and oxygen atoms in total. The monoisotopic (exact) mass is 468 g/mol. The number of nitrogens with one attached hydrogen (secondary N) is 1. The van der Waals surface area contributed by atoms with Gasteiger partial charge in [-0.2, -0.15) is 0 Å². The fourth-order valence-electron chi connectivity index (χ4n) is 6.05. The summed E-state index contributed by atoms with van der Waals surface area (Å²) < 4.78 is 0. The van der Waals surface area contributed by atoms with E-state index in [1.807, 2.05) is 48.5 Å². The molecule has 0 bridgehead atoms. The van der Waals surface area contributed by atoms with Crippen molar-refractivity contribution in [1.29, 1.82) is 0 Å². The molecule has 35 heavy (non-hydrogen) atoms. The van der Waals surface area contributed by atoms with E-state index in [0.29, 0.717) is 23.1 Å². The number of benzene rings is 3. The number of hydrogen-bond donors (Lipinski definition) is 1. The highest BCUT2D eigenvalue weighted by Crippen LogP contribution is 2.37. The van der Waals surface area contributed by atoms with Gasteiger partial charge in [-0.3, -0.25) is 9.59 Å². The summed E-state index contributed by atoms with van der Waals surface area (Å²) in [6.07, 6.45) is 10.6. The van der Waals surface area contributed by atoms with Crippen LogP contribution >= 0.6 is 0 Å². The minimum Gasteiger partial charge on any atom is -0.335 e. The number of aryl methyl sites for hydroxylation is 1. The Labute approximate surface area is 208 Å². The van der Waals surface area contributed by atoms with Crippen LogP contribution in [-0.4, -0.2) is 29.3 Å². The number of piperidine rings is 1. The normalized spacial score (nSPS) is 19.9. The Hall–Kier alpha value is -3.14. The molecule has 2 unspecified atom stereocenters. The zero-order valence-corrected chi connectivity index (χ0v) is 20.8. The van der Waals surface area contributed by atoms with E-state index in [1.54, 1.807) is 0 Å². The van der Waals surface area contributed by atoms with Crippen molar-refractivity contribution in [3.8, 4) is 0 Å². The van der Waals surface area contributed by atoms with Crippen LogP contribution < -0.4 is 5.32 Å². The highest BCUT2D eigenvalue weighted by molar-refractivity contribution is 6.17. The Morgan fingerprint density at radius 1 is 0.857 bits per heavy atom. The van der Waals surface area contributed by atoms with Crippen molar-refractivity contribution < 1.29 is 9.59 Å². The molecule has 0 aromatic heterocycles. The molecule has 2 fully saturated rings. The van der Waals surface area contributed by atoms with Crippen molar-refractivity contribution in [3.05, 3.63) is 77.4 Å². The van der Waals surface area contributed by atoms with E-state index in [-0.39, 0.29) is 11.8 Å². The Morgan fingerprint density at radius 3 is 2.31 bits per heavy atom. The highest BCUT2D eigenvalue weighted by atomic mass is 16.2. The molecule has 0 radical (unpaired) electrons. The molecule has 2 atom stereocenters. The van der Waals surface area contributed by atoms with Crippen LogP contribution in [0.2, 0.25) is 0 Å². The minimum atomic E-state index is -0.146. The molecule has 0 spiro atoms. The van der Waals surface area contributed by atoms with Gasteiger partial charge >= 0.3 is 0 Å².